The van der Waals surface area contributed by atoms with Crippen molar-refractivity contribution < 1.29 is 19.1 Å². The second-order valence-corrected chi connectivity index (χ2v) is 3.55. The van der Waals surface area contributed by atoms with Crippen molar-refractivity contribution in [3.63, 3.8) is 0 Å². The number of rotatable bonds is 2. The second kappa shape index (κ2) is 4.82. The van der Waals surface area contributed by atoms with Crippen molar-refractivity contribution in [2.24, 2.45) is 0 Å². The lowest BCUT2D eigenvalue weighted by Gasteiger charge is -2.03. The third-order valence-electron chi connectivity index (χ3n) is 2.43. The van der Waals surface area contributed by atoms with Gasteiger partial charge in [0.05, 0.1) is 6.61 Å². The lowest BCUT2D eigenvalue weighted by molar-refractivity contribution is -0.147. The summed E-state index contributed by atoms with van der Waals surface area (Å²) in [5.74, 6) is -1.28. The van der Waals surface area contributed by atoms with Crippen LogP contribution in [0.3, 0.4) is 0 Å². The number of benzene rings is 1. The summed E-state index contributed by atoms with van der Waals surface area (Å²) in [5.41, 5.74) is 1.62. The van der Waals surface area contributed by atoms with Gasteiger partial charge in [0.15, 0.2) is 0 Å². The summed E-state index contributed by atoms with van der Waals surface area (Å²) in [6.45, 7) is 2.09. The number of hydrogen-bond donors (Lipinski definition) is 0. The average molecular weight is 232 g/mol. The molecule has 1 aliphatic heterocycles. The third-order valence-corrected chi connectivity index (χ3v) is 2.43. The summed E-state index contributed by atoms with van der Waals surface area (Å²) in [6.07, 6.45) is 1.52. The number of fused-ring (bicyclic) bond motifs is 1. The predicted molar refractivity (Wildman–Crippen MR) is 60.8 cm³/mol. The number of ether oxygens (including phenoxy) is 2. The Morgan fingerprint density at radius 2 is 2.18 bits per heavy atom. The molecule has 0 unspecified atom stereocenters. The van der Waals surface area contributed by atoms with Gasteiger partial charge in [-0.15, -0.1) is 0 Å². The van der Waals surface area contributed by atoms with E-state index >= 15 is 0 Å². The van der Waals surface area contributed by atoms with E-state index in [0.29, 0.717) is 0 Å². The van der Waals surface area contributed by atoms with Crippen LogP contribution in [0.25, 0.3) is 6.08 Å². The smallest absolute Gasteiger partial charge is 0.345 e. The summed E-state index contributed by atoms with van der Waals surface area (Å²) < 4.78 is 9.82. The molecule has 0 N–H and O–H groups in total. The van der Waals surface area contributed by atoms with Crippen LogP contribution >= 0.6 is 0 Å². The summed E-state index contributed by atoms with van der Waals surface area (Å²) >= 11 is 0. The van der Waals surface area contributed by atoms with Crippen molar-refractivity contribution in [1.29, 1.82) is 0 Å². The van der Waals surface area contributed by atoms with Gasteiger partial charge in [-0.1, -0.05) is 24.3 Å². The normalized spacial score (nSPS) is 14.2. The van der Waals surface area contributed by atoms with E-state index in [4.69, 9.17) is 9.47 Å². The Kier molecular flexibility index (Phi) is 3.23. The molecular formula is C13H12O4. The molecule has 4 heteroatoms. The van der Waals surface area contributed by atoms with Gasteiger partial charge in [-0.3, -0.25) is 0 Å². The second-order valence-electron chi connectivity index (χ2n) is 3.55. The quantitative estimate of drug-likeness (QED) is 0.575. The minimum Gasteiger partial charge on any atom is -0.462 e. The first-order valence-electron chi connectivity index (χ1n) is 5.36. The molecule has 1 aromatic carbocycles. The Morgan fingerprint density at radius 1 is 1.41 bits per heavy atom. The molecule has 0 bridgehead atoms. The van der Waals surface area contributed by atoms with Crippen molar-refractivity contribution in [3.8, 4) is 0 Å². The molecule has 88 valence electrons. The van der Waals surface area contributed by atoms with Gasteiger partial charge in [0.25, 0.3) is 0 Å². The zero-order valence-corrected chi connectivity index (χ0v) is 9.43. The molecule has 2 rings (SSSR count). The van der Waals surface area contributed by atoms with Crippen molar-refractivity contribution in [2.75, 3.05) is 6.61 Å². The van der Waals surface area contributed by atoms with Crippen molar-refractivity contribution in [3.05, 3.63) is 41.0 Å². The monoisotopic (exact) mass is 232 g/mol. The first kappa shape index (κ1) is 11.4. The SMILES string of the molecule is CCOC(=O)C1=Cc2ccccc2COC1=O. The molecule has 0 atom stereocenters. The molecule has 1 aliphatic rings. The fraction of sp³-hybridized carbons (Fsp3) is 0.231. The number of carbonyl (C=O) groups is 2. The maximum absolute atomic E-state index is 11.6. The number of cyclic esters (lactones) is 1. The van der Waals surface area contributed by atoms with Crippen molar-refractivity contribution in [1.82, 2.24) is 0 Å². The third kappa shape index (κ3) is 2.36. The summed E-state index contributed by atoms with van der Waals surface area (Å²) in [7, 11) is 0. The van der Waals surface area contributed by atoms with Gasteiger partial charge < -0.3 is 9.47 Å². The molecule has 0 saturated heterocycles. The van der Waals surface area contributed by atoms with Crippen LogP contribution in [0.2, 0.25) is 0 Å². The zero-order chi connectivity index (χ0) is 12.3. The number of esters is 2. The Morgan fingerprint density at radius 3 is 2.94 bits per heavy atom. The molecule has 0 amide bonds. The number of hydrogen-bond acceptors (Lipinski definition) is 4. The van der Waals surface area contributed by atoms with Gasteiger partial charge in [-0.05, 0) is 24.1 Å². The van der Waals surface area contributed by atoms with Crippen LogP contribution in [0.4, 0.5) is 0 Å². The first-order chi connectivity index (χ1) is 8.22. The summed E-state index contributed by atoms with van der Waals surface area (Å²) in [5, 5.41) is 0. The van der Waals surface area contributed by atoms with Crippen molar-refractivity contribution >= 4 is 18.0 Å². The molecule has 0 spiro atoms. The molecule has 0 saturated carbocycles. The van der Waals surface area contributed by atoms with Crippen LogP contribution in [-0.4, -0.2) is 18.5 Å². The molecule has 17 heavy (non-hydrogen) atoms. The van der Waals surface area contributed by atoms with E-state index in [1.807, 2.05) is 24.3 Å². The molecule has 1 aromatic rings. The van der Waals surface area contributed by atoms with Gasteiger partial charge in [-0.25, -0.2) is 9.59 Å². The summed E-state index contributed by atoms with van der Waals surface area (Å²) in [6, 6.07) is 7.38. The lowest BCUT2D eigenvalue weighted by atomic mass is 10.1. The Bertz CT molecular complexity index is 488. The summed E-state index contributed by atoms with van der Waals surface area (Å²) in [4.78, 5) is 23.2. The van der Waals surface area contributed by atoms with Gasteiger partial charge in [0.2, 0.25) is 0 Å². The first-order valence-corrected chi connectivity index (χ1v) is 5.36. The standard InChI is InChI=1S/C13H12O4/c1-2-16-12(14)11-7-9-5-3-4-6-10(9)8-17-13(11)15/h3-7H,2,8H2,1H3. The average Bonchev–Trinajstić information content (AvgIpc) is 2.50. The minimum atomic E-state index is -0.644. The van der Waals surface area contributed by atoms with E-state index in [1.165, 1.54) is 6.08 Å². The topological polar surface area (TPSA) is 52.6 Å². The molecule has 0 aromatic heterocycles. The fourth-order valence-corrected chi connectivity index (χ4v) is 1.59. The van der Waals surface area contributed by atoms with Gasteiger partial charge in [-0.2, -0.15) is 0 Å². The maximum Gasteiger partial charge on any atom is 0.345 e. The maximum atomic E-state index is 11.6. The Labute approximate surface area is 98.8 Å². The molecule has 0 aliphatic carbocycles. The highest BCUT2D eigenvalue weighted by molar-refractivity contribution is 6.18. The Hall–Kier alpha value is -2.10. The van der Waals surface area contributed by atoms with E-state index in [2.05, 4.69) is 0 Å². The lowest BCUT2D eigenvalue weighted by Crippen LogP contribution is -2.16. The van der Waals surface area contributed by atoms with Crippen LogP contribution in [0.5, 0.6) is 0 Å². The van der Waals surface area contributed by atoms with Gasteiger partial charge >= 0.3 is 11.9 Å². The predicted octanol–water partition coefficient (Wildman–Crippen LogP) is 1.69. The van der Waals surface area contributed by atoms with Gasteiger partial charge in [0, 0.05) is 0 Å². The van der Waals surface area contributed by atoms with E-state index in [-0.39, 0.29) is 18.8 Å². The highest BCUT2D eigenvalue weighted by atomic mass is 16.6. The Balaban J connectivity index is 2.40. The van der Waals surface area contributed by atoms with E-state index < -0.39 is 11.9 Å². The number of carbonyl (C=O) groups excluding carboxylic acids is 2. The molecule has 4 nitrogen and oxygen atoms in total. The van der Waals surface area contributed by atoms with E-state index in [9.17, 15) is 9.59 Å². The minimum absolute atomic E-state index is 0.0585. The molecular weight excluding hydrogens is 220 g/mol. The zero-order valence-electron chi connectivity index (χ0n) is 9.43. The highest BCUT2D eigenvalue weighted by Crippen LogP contribution is 2.20. The highest BCUT2D eigenvalue weighted by Gasteiger charge is 2.24. The van der Waals surface area contributed by atoms with Crippen LogP contribution in [-0.2, 0) is 25.7 Å². The van der Waals surface area contributed by atoms with Gasteiger partial charge in [0.1, 0.15) is 12.2 Å². The largest absolute Gasteiger partial charge is 0.462 e. The van der Waals surface area contributed by atoms with Crippen LogP contribution in [0.1, 0.15) is 18.1 Å². The molecule has 0 radical (unpaired) electrons. The molecule has 1 heterocycles. The van der Waals surface area contributed by atoms with E-state index in [0.717, 1.165) is 11.1 Å². The van der Waals surface area contributed by atoms with Crippen LogP contribution < -0.4 is 0 Å². The van der Waals surface area contributed by atoms with E-state index in [1.54, 1.807) is 6.92 Å². The van der Waals surface area contributed by atoms with Crippen LogP contribution in [0.15, 0.2) is 29.8 Å². The van der Waals surface area contributed by atoms with Crippen LogP contribution in [0, 0.1) is 0 Å². The molecule has 0 fully saturated rings. The van der Waals surface area contributed by atoms with Crippen molar-refractivity contribution in [2.45, 2.75) is 13.5 Å². The fourth-order valence-electron chi connectivity index (χ4n) is 1.59.